The third-order valence-electron chi connectivity index (χ3n) is 4.51. The fraction of sp³-hybridized carbons (Fsp3) is 0.238. The molecule has 0 bridgehead atoms. The molecular weight excluding hydrogens is 408 g/mol. The van der Waals surface area contributed by atoms with Gasteiger partial charge in [0.05, 0.1) is 12.7 Å². The molecule has 0 aliphatic heterocycles. The number of esters is 1. The minimum Gasteiger partial charge on any atom is -0.495 e. The number of carbonyl (C=O) groups excluding carboxylic acids is 1. The maximum Gasteiger partial charge on any atom is 0.338 e. The van der Waals surface area contributed by atoms with Gasteiger partial charge in [-0.05, 0) is 43.2 Å². The van der Waals surface area contributed by atoms with Crippen LogP contribution in [-0.4, -0.2) is 32.5 Å². The van der Waals surface area contributed by atoms with Gasteiger partial charge in [0.1, 0.15) is 29.2 Å². The Morgan fingerprint density at radius 1 is 1.20 bits per heavy atom. The minimum absolute atomic E-state index is 0.0683. The van der Waals surface area contributed by atoms with Crippen molar-refractivity contribution in [1.29, 1.82) is 0 Å². The van der Waals surface area contributed by atoms with E-state index in [9.17, 15) is 13.2 Å². The molecule has 0 unspecified atom stereocenters. The van der Waals surface area contributed by atoms with Crippen LogP contribution in [0.3, 0.4) is 0 Å². The van der Waals surface area contributed by atoms with Crippen molar-refractivity contribution in [2.24, 2.45) is 0 Å². The summed E-state index contributed by atoms with van der Waals surface area (Å²) in [5.74, 6) is -0.0980. The molecule has 30 heavy (non-hydrogen) atoms. The van der Waals surface area contributed by atoms with Crippen LogP contribution >= 0.6 is 0 Å². The summed E-state index contributed by atoms with van der Waals surface area (Å²) in [4.78, 5) is 16.7. The molecule has 0 spiro atoms. The van der Waals surface area contributed by atoms with Crippen LogP contribution in [0.1, 0.15) is 28.9 Å². The number of ether oxygens (including phenoxy) is 2. The number of oxazole rings is 1. The zero-order valence-corrected chi connectivity index (χ0v) is 17.0. The van der Waals surface area contributed by atoms with E-state index >= 15 is 0 Å². The molecule has 3 aromatic rings. The maximum absolute atomic E-state index is 12.6. The van der Waals surface area contributed by atoms with Gasteiger partial charge in [-0.3, -0.25) is 0 Å². The number of rotatable bonds is 8. The van der Waals surface area contributed by atoms with E-state index in [1.54, 1.807) is 0 Å². The molecule has 156 valence electrons. The SMILES string of the molecule is COc1ccc(C(=O)OCc2coc(-c3ccccc3)n2)cc1S(=O)(=O)NC1CC1. The van der Waals surface area contributed by atoms with Crippen molar-refractivity contribution in [2.75, 3.05) is 7.11 Å². The highest BCUT2D eigenvalue weighted by molar-refractivity contribution is 7.89. The van der Waals surface area contributed by atoms with Gasteiger partial charge in [-0.2, -0.15) is 0 Å². The summed E-state index contributed by atoms with van der Waals surface area (Å²) in [5.41, 5.74) is 1.35. The summed E-state index contributed by atoms with van der Waals surface area (Å²) in [5, 5.41) is 0. The molecule has 0 radical (unpaired) electrons. The highest BCUT2D eigenvalue weighted by Crippen LogP contribution is 2.28. The summed E-state index contributed by atoms with van der Waals surface area (Å²) < 4.78 is 43.6. The molecule has 1 N–H and O–H groups in total. The fourth-order valence-electron chi connectivity index (χ4n) is 2.81. The average Bonchev–Trinajstić information content (AvgIpc) is 3.43. The zero-order chi connectivity index (χ0) is 21.1. The summed E-state index contributed by atoms with van der Waals surface area (Å²) in [7, 11) is -2.43. The molecule has 1 aliphatic rings. The Bertz CT molecular complexity index is 1150. The number of hydrogen-bond acceptors (Lipinski definition) is 7. The monoisotopic (exact) mass is 428 g/mol. The van der Waals surface area contributed by atoms with Crippen molar-refractivity contribution in [3.8, 4) is 17.2 Å². The van der Waals surface area contributed by atoms with E-state index in [-0.39, 0.29) is 28.9 Å². The predicted molar refractivity (Wildman–Crippen MR) is 107 cm³/mol. The number of carbonyl (C=O) groups is 1. The van der Waals surface area contributed by atoms with E-state index in [2.05, 4.69) is 9.71 Å². The molecule has 1 saturated carbocycles. The van der Waals surface area contributed by atoms with Crippen LogP contribution in [-0.2, 0) is 21.4 Å². The topological polar surface area (TPSA) is 108 Å². The van der Waals surface area contributed by atoms with Crippen LogP contribution in [0, 0.1) is 0 Å². The lowest BCUT2D eigenvalue weighted by atomic mass is 10.2. The van der Waals surface area contributed by atoms with Crippen molar-refractivity contribution in [1.82, 2.24) is 9.71 Å². The Morgan fingerprint density at radius 3 is 2.67 bits per heavy atom. The first kappa shape index (κ1) is 20.1. The second-order valence-electron chi connectivity index (χ2n) is 6.85. The largest absolute Gasteiger partial charge is 0.495 e. The number of benzene rings is 2. The average molecular weight is 428 g/mol. The number of sulfonamides is 1. The molecular formula is C21H20N2O6S. The molecule has 4 rings (SSSR count). The van der Waals surface area contributed by atoms with Gasteiger partial charge in [0.2, 0.25) is 15.9 Å². The first-order valence-corrected chi connectivity index (χ1v) is 10.8. The van der Waals surface area contributed by atoms with Gasteiger partial charge in [-0.1, -0.05) is 18.2 Å². The summed E-state index contributed by atoms with van der Waals surface area (Å²) in [6.07, 6.45) is 3.01. The van der Waals surface area contributed by atoms with E-state index < -0.39 is 16.0 Å². The van der Waals surface area contributed by atoms with Crippen LogP contribution in [0.5, 0.6) is 5.75 Å². The van der Waals surface area contributed by atoms with Crippen molar-refractivity contribution < 1.29 is 27.1 Å². The van der Waals surface area contributed by atoms with Gasteiger partial charge >= 0.3 is 5.97 Å². The standard InChI is InChI=1S/C21H20N2O6S/c1-27-18-10-7-15(11-19(18)30(25,26)23-16-8-9-16)21(24)29-13-17-12-28-20(22-17)14-5-3-2-4-6-14/h2-7,10-12,16,23H,8-9,13H2,1H3. The highest BCUT2D eigenvalue weighted by Gasteiger charge is 2.30. The molecule has 2 aromatic carbocycles. The third-order valence-corrected chi connectivity index (χ3v) is 6.05. The zero-order valence-electron chi connectivity index (χ0n) is 16.2. The molecule has 1 aromatic heterocycles. The maximum atomic E-state index is 12.6. The number of hydrogen-bond donors (Lipinski definition) is 1. The smallest absolute Gasteiger partial charge is 0.338 e. The Kier molecular flexibility index (Phi) is 5.56. The summed E-state index contributed by atoms with van der Waals surface area (Å²) >= 11 is 0. The molecule has 1 fully saturated rings. The quantitative estimate of drug-likeness (QED) is 0.549. The van der Waals surface area contributed by atoms with Gasteiger partial charge in [0.25, 0.3) is 0 Å². The molecule has 1 aliphatic carbocycles. The Balaban J connectivity index is 1.47. The normalized spacial score (nSPS) is 13.8. The van der Waals surface area contributed by atoms with Gasteiger partial charge in [0, 0.05) is 11.6 Å². The molecule has 9 heteroatoms. The van der Waals surface area contributed by atoms with Gasteiger partial charge in [0.15, 0.2) is 0 Å². The summed E-state index contributed by atoms with van der Waals surface area (Å²) in [6, 6.07) is 13.4. The van der Waals surface area contributed by atoms with Crippen LogP contribution in [0.25, 0.3) is 11.5 Å². The Hall–Kier alpha value is -3.17. The molecule has 0 atom stereocenters. The third kappa shape index (κ3) is 4.52. The predicted octanol–water partition coefficient (Wildman–Crippen LogP) is 3.15. The highest BCUT2D eigenvalue weighted by atomic mass is 32.2. The first-order chi connectivity index (χ1) is 14.5. The Labute approximate surface area is 173 Å². The molecule has 0 amide bonds. The van der Waals surface area contributed by atoms with Crippen LogP contribution < -0.4 is 9.46 Å². The van der Waals surface area contributed by atoms with Crippen molar-refractivity contribution in [3.63, 3.8) is 0 Å². The lowest BCUT2D eigenvalue weighted by molar-refractivity contribution is 0.0467. The lowest BCUT2D eigenvalue weighted by Gasteiger charge is -2.12. The van der Waals surface area contributed by atoms with Gasteiger partial charge < -0.3 is 13.9 Å². The molecule has 1 heterocycles. The molecule has 8 nitrogen and oxygen atoms in total. The number of methoxy groups -OCH3 is 1. The first-order valence-electron chi connectivity index (χ1n) is 9.33. The number of nitrogens with zero attached hydrogens (tertiary/aromatic N) is 1. The number of nitrogens with one attached hydrogen (secondary N) is 1. The second-order valence-corrected chi connectivity index (χ2v) is 8.53. The van der Waals surface area contributed by atoms with Crippen LogP contribution in [0.4, 0.5) is 0 Å². The van der Waals surface area contributed by atoms with E-state index in [0.717, 1.165) is 18.4 Å². The van der Waals surface area contributed by atoms with Gasteiger partial charge in [-0.25, -0.2) is 22.9 Å². The van der Waals surface area contributed by atoms with Crippen molar-refractivity contribution in [3.05, 3.63) is 66.1 Å². The van der Waals surface area contributed by atoms with E-state index in [1.807, 2.05) is 30.3 Å². The van der Waals surface area contributed by atoms with E-state index in [0.29, 0.717) is 11.6 Å². The summed E-state index contributed by atoms with van der Waals surface area (Å²) in [6.45, 7) is -0.108. The van der Waals surface area contributed by atoms with E-state index in [4.69, 9.17) is 13.9 Å². The van der Waals surface area contributed by atoms with Gasteiger partial charge in [-0.15, -0.1) is 0 Å². The minimum atomic E-state index is -3.80. The van der Waals surface area contributed by atoms with Crippen molar-refractivity contribution >= 4 is 16.0 Å². The van der Waals surface area contributed by atoms with E-state index in [1.165, 1.54) is 31.6 Å². The van der Waals surface area contributed by atoms with Crippen LogP contribution in [0.2, 0.25) is 0 Å². The number of aromatic nitrogens is 1. The van der Waals surface area contributed by atoms with Crippen molar-refractivity contribution in [2.45, 2.75) is 30.4 Å². The van der Waals surface area contributed by atoms with Crippen LogP contribution in [0.15, 0.2) is 64.1 Å². The Morgan fingerprint density at radius 2 is 1.97 bits per heavy atom. The lowest BCUT2D eigenvalue weighted by Crippen LogP contribution is -2.26. The second kappa shape index (κ2) is 8.29. The fourth-order valence-corrected chi connectivity index (χ4v) is 4.31. The molecule has 0 saturated heterocycles.